The molecule has 0 amide bonds. The average molecular weight is 450 g/mol. The Morgan fingerprint density at radius 3 is 2.71 bits per heavy atom. The fraction of sp³-hybridized carbons (Fsp3) is 0.571. The number of aromatic nitrogens is 1. The van der Waals surface area contributed by atoms with Crippen molar-refractivity contribution in [1.29, 1.82) is 0 Å². The van der Waals surface area contributed by atoms with Crippen LogP contribution in [0.3, 0.4) is 0 Å². The second-order valence-electron chi connectivity index (χ2n) is 7.79. The minimum absolute atomic E-state index is 0.238. The molecule has 1 fully saturated rings. The first-order chi connectivity index (χ1) is 13.5. The fourth-order valence-electron chi connectivity index (χ4n) is 4.41. The summed E-state index contributed by atoms with van der Waals surface area (Å²) >= 11 is 3.67. The molecule has 0 aliphatic carbocycles. The molecule has 152 valence electrons. The van der Waals surface area contributed by atoms with E-state index in [1.165, 1.54) is 19.3 Å². The molecular formula is C21H28BrN3O3. The van der Waals surface area contributed by atoms with Crippen LogP contribution >= 0.6 is 15.9 Å². The van der Waals surface area contributed by atoms with Crippen LogP contribution in [0.25, 0.3) is 10.9 Å². The monoisotopic (exact) mass is 449 g/mol. The lowest BCUT2D eigenvalue weighted by Gasteiger charge is -2.27. The molecule has 0 N–H and O–H groups in total. The molecule has 2 aliphatic heterocycles. The molecule has 0 spiro atoms. The smallest absolute Gasteiger partial charge is 0.340 e. The summed E-state index contributed by atoms with van der Waals surface area (Å²) in [4.78, 5) is 17.6. The Hall–Kier alpha value is -1.57. The predicted molar refractivity (Wildman–Crippen MR) is 113 cm³/mol. The minimum Gasteiger partial charge on any atom is -0.477 e. The molecule has 0 atom stereocenters. The van der Waals surface area contributed by atoms with Crippen LogP contribution in [-0.4, -0.2) is 53.8 Å². The maximum Gasteiger partial charge on any atom is 0.340 e. The van der Waals surface area contributed by atoms with Crippen molar-refractivity contribution in [2.75, 3.05) is 33.5 Å². The Bertz CT molecular complexity index is 902. The number of piperidine rings is 1. The fourth-order valence-corrected chi connectivity index (χ4v) is 4.98. The first-order valence-corrected chi connectivity index (χ1v) is 10.8. The van der Waals surface area contributed by atoms with Crippen LogP contribution in [0, 0.1) is 0 Å². The summed E-state index contributed by atoms with van der Waals surface area (Å²) in [6.45, 7) is 6.44. The standard InChI is InChI=1S/C21H28BrN3O3/c1-4-27-21(26)19-17(12-25-8-6-5-7-9-25)24(3)16-10-15(22)20-14(18(16)19)11-23(2)13-28-20/h10H,4-9,11-13H2,1-3H3. The summed E-state index contributed by atoms with van der Waals surface area (Å²) < 4.78 is 14.6. The molecule has 28 heavy (non-hydrogen) atoms. The van der Waals surface area contributed by atoms with Gasteiger partial charge in [-0.05, 0) is 61.9 Å². The maximum atomic E-state index is 13.1. The Balaban J connectivity index is 1.92. The highest BCUT2D eigenvalue weighted by molar-refractivity contribution is 9.10. The lowest BCUT2D eigenvalue weighted by molar-refractivity contribution is 0.0525. The Kier molecular flexibility index (Phi) is 5.67. The van der Waals surface area contributed by atoms with E-state index in [4.69, 9.17) is 9.47 Å². The normalized spacial score (nSPS) is 18.1. The minimum atomic E-state index is -0.238. The summed E-state index contributed by atoms with van der Waals surface area (Å²) in [7, 11) is 4.08. The predicted octanol–water partition coefficient (Wildman–Crippen LogP) is 3.89. The van der Waals surface area contributed by atoms with Gasteiger partial charge in [-0.2, -0.15) is 0 Å². The first kappa shape index (κ1) is 19.7. The van der Waals surface area contributed by atoms with Gasteiger partial charge in [-0.15, -0.1) is 0 Å². The Morgan fingerprint density at radius 1 is 1.25 bits per heavy atom. The van der Waals surface area contributed by atoms with Gasteiger partial charge in [-0.3, -0.25) is 9.80 Å². The van der Waals surface area contributed by atoms with Gasteiger partial charge >= 0.3 is 5.97 Å². The second kappa shape index (κ2) is 8.05. The van der Waals surface area contributed by atoms with Gasteiger partial charge in [0.15, 0.2) is 0 Å². The number of halogens is 1. The Labute approximate surface area is 174 Å². The summed E-state index contributed by atoms with van der Waals surface area (Å²) in [5.41, 5.74) is 3.83. The number of nitrogens with zero attached hydrogens (tertiary/aromatic N) is 3. The molecule has 2 aliphatic rings. The molecule has 0 radical (unpaired) electrons. The number of ether oxygens (including phenoxy) is 2. The van der Waals surface area contributed by atoms with Crippen LogP contribution in [0.4, 0.5) is 0 Å². The lowest BCUT2D eigenvalue weighted by atomic mass is 10.0. The highest BCUT2D eigenvalue weighted by atomic mass is 79.9. The van der Waals surface area contributed by atoms with Gasteiger partial charge in [0.1, 0.15) is 12.5 Å². The van der Waals surface area contributed by atoms with E-state index in [1.54, 1.807) is 0 Å². The molecule has 0 unspecified atom stereocenters. The van der Waals surface area contributed by atoms with E-state index < -0.39 is 0 Å². The number of rotatable bonds is 4. The van der Waals surface area contributed by atoms with Crippen molar-refractivity contribution in [2.45, 2.75) is 39.3 Å². The molecule has 0 saturated carbocycles. The molecule has 1 aromatic carbocycles. The van der Waals surface area contributed by atoms with Crippen LogP contribution in [0.2, 0.25) is 0 Å². The number of carbonyl (C=O) groups excluding carboxylic acids is 1. The Morgan fingerprint density at radius 2 is 2.00 bits per heavy atom. The van der Waals surface area contributed by atoms with E-state index in [-0.39, 0.29) is 5.97 Å². The van der Waals surface area contributed by atoms with Crippen LogP contribution in [0.5, 0.6) is 5.75 Å². The molecule has 7 heteroatoms. The van der Waals surface area contributed by atoms with Gasteiger partial charge in [0.25, 0.3) is 0 Å². The van der Waals surface area contributed by atoms with E-state index in [1.807, 2.05) is 14.0 Å². The van der Waals surface area contributed by atoms with Crippen molar-refractivity contribution in [3.63, 3.8) is 0 Å². The molecular weight excluding hydrogens is 422 g/mol. The number of aryl methyl sites for hydroxylation is 1. The molecule has 3 heterocycles. The molecule has 4 rings (SSSR count). The second-order valence-corrected chi connectivity index (χ2v) is 8.64. The van der Waals surface area contributed by atoms with Gasteiger partial charge in [-0.25, -0.2) is 4.79 Å². The number of hydrogen-bond donors (Lipinski definition) is 0. The SMILES string of the molecule is CCOC(=O)c1c(CN2CCCCC2)n(C)c2cc(Br)c3c(c12)CN(C)CO3. The third kappa shape index (κ3) is 3.44. The van der Waals surface area contributed by atoms with E-state index in [0.29, 0.717) is 18.9 Å². The highest BCUT2D eigenvalue weighted by Crippen LogP contribution is 2.42. The third-order valence-corrected chi connectivity index (χ3v) is 6.37. The van der Waals surface area contributed by atoms with E-state index in [9.17, 15) is 4.79 Å². The van der Waals surface area contributed by atoms with Gasteiger partial charge < -0.3 is 14.0 Å². The maximum absolute atomic E-state index is 13.1. The number of benzene rings is 1. The quantitative estimate of drug-likeness (QED) is 0.662. The number of hydrogen-bond acceptors (Lipinski definition) is 5. The largest absolute Gasteiger partial charge is 0.477 e. The zero-order valence-electron chi connectivity index (χ0n) is 16.9. The van der Waals surface area contributed by atoms with Gasteiger partial charge in [0, 0.05) is 36.8 Å². The highest BCUT2D eigenvalue weighted by Gasteiger charge is 2.30. The van der Waals surface area contributed by atoms with Crippen LogP contribution < -0.4 is 4.74 Å². The number of esters is 1. The van der Waals surface area contributed by atoms with Crippen LogP contribution in [-0.2, 0) is 24.9 Å². The van der Waals surface area contributed by atoms with E-state index >= 15 is 0 Å². The summed E-state index contributed by atoms with van der Waals surface area (Å²) in [5.74, 6) is 0.601. The third-order valence-electron chi connectivity index (χ3n) is 5.78. The van der Waals surface area contributed by atoms with E-state index in [2.05, 4.69) is 43.4 Å². The van der Waals surface area contributed by atoms with Crippen LogP contribution in [0.15, 0.2) is 10.5 Å². The molecule has 1 aromatic heterocycles. The number of likely N-dealkylation sites (tertiary alicyclic amines) is 1. The van der Waals surface area contributed by atoms with Crippen LogP contribution in [0.1, 0.15) is 47.8 Å². The summed E-state index contributed by atoms with van der Waals surface area (Å²) in [5, 5.41) is 0.970. The van der Waals surface area contributed by atoms with Crippen molar-refractivity contribution in [2.24, 2.45) is 7.05 Å². The van der Waals surface area contributed by atoms with Crippen molar-refractivity contribution in [3.05, 3.63) is 27.4 Å². The van der Waals surface area contributed by atoms with Crippen molar-refractivity contribution >= 4 is 32.8 Å². The van der Waals surface area contributed by atoms with Gasteiger partial charge in [0.05, 0.1) is 22.2 Å². The van der Waals surface area contributed by atoms with Gasteiger partial charge in [-0.1, -0.05) is 6.42 Å². The molecule has 0 bridgehead atoms. The molecule has 6 nitrogen and oxygen atoms in total. The molecule has 1 saturated heterocycles. The topological polar surface area (TPSA) is 46.9 Å². The van der Waals surface area contributed by atoms with Crippen molar-refractivity contribution < 1.29 is 14.3 Å². The first-order valence-electron chi connectivity index (χ1n) is 10.0. The van der Waals surface area contributed by atoms with Crippen molar-refractivity contribution in [3.8, 4) is 5.75 Å². The van der Waals surface area contributed by atoms with Crippen molar-refractivity contribution in [1.82, 2.24) is 14.4 Å². The number of carbonyl (C=O) groups is 1. The van der Waals surface area contributed by atoms with E-state index in [0.717, 1.165) is 58.6 Å². The summed E-state index contributed by atoms with van der Waals surface area (Å²) in [6.07, 6.45) is 3.73. The zero-order chi connectivity index (χ0) is 19.8. The number of fused-ring (bicyclic) bond motifs is 3. The summed E-state index contributed by atoms with van der Waals surface area (Å²) in [6, 6.07) is 2.07. The molecule has 2 aromatic rings. The average Bonchev–Trinajstić information content (AvgIpc) is 2.95. The van der Waals surface area contributed by atoms with Gasteiger partial charge in [0.2, 0.25) is 0 Å². The lowest BCUT2D eigenvalue weighted by Crippen LogP contribution is -2.30. The zero-order valence-corrected chi connectivity index (χ0v) is 18.5.